The second-order valence-electron chi connectivity index (χ2n) is 4.33. The zero-order valence-electron chi connectivity index (χ0n) is 9.04. The Kier molecular flexibility index (Phi) is 3.70. The van der Waals surface area contributed by atoms with Crippen LogP contribution in [0, 0.1) is 5.41 Å². The van der Waals surface area contributed by atoms with Crippen LogP contribution in [0.15, 0.2) is 0 Å². The van der Waals surface area contributed by atoms with Crippen LogP contribution in [0.25, 0.3) is 0 Å². The second-order valence-corrected chi connectivity index (χ2v) is 6.32. The van der Waals surface area contributed by atoms with Gasteiger partial charge in [-0.25, -0.2) is 0 Å². The smallest absolute Gasteiger partial charge is 0.306 e. The molecule has 1 aliphatic rings. The van der Waals surface area contributed by atoms with E-state index in [4.69, 9.17) is 0 Å². The molecule has 0 aliphatic heterocycles. The summed E-state index contributed by atoms with van der Waals surface area (Å²) in [4.78, 5) is 11.1. The highest BCUT2D eigenvalue weighted by Gasteiger charge is 2.46. The molecular formula is C10H18O3S. The summed E-state index contributed by atoms with van der Waals surface area (Å²) in [5.41, 5.74) is 0.00221. The molecule has 0 heterocycles. The van der Waals surface area contributed by atoms with Gasteiger partial charge >= 0.3 is 5.97 Å². The quantitative estimate of drug-likeness (QED) is 0.657. The lowest BCUT2D eigenvalue weighted by Gasteiger charge is -2.14. The molecular weight excluding hydrogens is 200 g/mol. The Morgan fingerprint density at radius 3 is 2.43 bits per heavy atom. The fraction of sp³-hybridized carbons (Fsp3) is 0.900. The molecule has 4 heteroatoms. The fourth-order valence-electron chi connectivity index (χ4n) is 1.40. The van der Waals surface area contributed by atoms with Crippen LogP contribution < -0.4 is 0 Å². The average molecular weight is 218 g/mol. The first-order valence-corrected chi connectivity index (χ1v) is 6.31. The summed E-state index contributed by atoms with van der Waals surface area (Å²) < 4.78 is 16.3. The van der Waals surface area contributed by atoms with Crippen LogP contribution in [0.1, 0.15) is 33.1 Å². The van der Waals surface area contributed by atoms with Crippen molar-refractivity contribution >= 4 is 16.8 Å². The van der Waals surface area contributed by atoms with E-state index in [0.29, 0.717) is 12.2 Å². The van der Waals surface area contributed by atoms with Crippen molar-refractivity contribution in [1.82, 2.24) is 0 Å². The van der Waals surface area contributed by atoms with Gasteiger partial charge in [0.25, 0.3) is 0 Å². The largest absolute Gasteiger partial charge is 0.469 e. The number of carbonyl (C=O) groups is 1. The number of rotatable bonds is 5. The van der Waals surface area contributed by atoms with Crippen LogP contribution >= 0.6 is 0 Å². The first kappa shape index (κ1) is 11.7. The van der Waals surface area contributed by atoms with E-state index in [1.165, 1.54) is 7.11 Å². The lowest BCUT2D eigenvalue weighted by Crippen LogP contribution is -2.21. The standard InChI is InChI=1S/C10H18O3S/c1-8(2)14(12)7-10(4-5-10)6-9(11)13-3/h8H,4-7H2,1-3H3. The summed E-state index contributed by atoms with van der Waals surface area (Å²) in [5.74, 6) is 0.475. The molecule has 0 spiro atoms. The van der Waals surface area contributed by atoms with Gasteiger partial charge in [0.15, 0.2) is 0 Å². The maximum Gasteiger partial charge on any atom is 0.306 e. The van der Waals surface area contributed by atoms with E-state index >= 15 is 0 Å². The van der Waals surface area contributed by atoms with Crippen molar-refractivity contribution in [2.75, 3.05) is 12.9 Å². The second kappa shape index (κ2) is 4.43. The molecule has 1 unspecified atom stereocenters. The van der Waals surface area contributed by atoms with Gasteiger partial charge in [0.1, 0.15) is 0 Å². The lowest BCUT2D eigenvalue weighted by molar-refractivity contribution is -0.141. The molecule has 14 heavy (non-hydrogen) atoms. The predicted molar refractivity (Wildman–Crippen MR) is 56.4 cm³/mol. The van der Waals surface area contributed by atoms with E-state index in [2.05, 4.69) is 4.74 Å². The molecule has 1 atom stereocenters. The summed E-state index contributed by atoms with van der Waals surface area (Å²) in [5, 5.41) is 0.185. The number of ether oxygens (including phenoxy) is 1. The van der Waals surface area contributed by atoms with E-state index in [9.17, 15) is 9.00 Å². The lowest BCUT2D eigenvalue weighted by atomic mass is 10.1. The number of methoxy groups -OCH3 is 1. The number of esters is 1. The van der Waals surface area contributed by atoms with Crippen LogP contribution in [-0.4, -0.2) is 28.3 Å². The molecule has 0 amide bonds. The van der Waals surface area contributed by atoms with Crippen molar-refractivity contribution < 1.29 is 13.7 Å². The van der Waals surface area contributed by atoms with E-state index < -0.39 is 10.8 Å². The Balaban J connectivity index is 2.43. The van der Waals surface area contributed by atoms with Gasteiger partial charge in [0, 0.05) is 21.8 Å². The van der Waals surface area contributed by atoms with Gasteiger partial charge in [0.2, 0.25) is 0 Å². The van der Waals surface area contributed by atoms with E-state index in [-0.39, 0.29) is 16.6 Å². The highest BCUT2D eigenvalue weighted by Crippen LogP contribution is 2.49. The van der Waals surface area contributed by atoms with E-state index in [0.717, 1.165) is 12.8 Å². The highest BCUT2D eigenvalue weighted by atomic mass is 32.2. The van der Waals surface area contributed by atoms with Crippen LogP contribution in [-0.2, 0) is 20.3 Å². The molecule has 0 aromatic rings. The minimum Gasteiger partial charge on any atom is -0.469 e. The minimum absolute atomic E-state index is 0.00221. The summed E-state index contributed by atoms with van der Waals surface area (Å²) in [6.45, 7) is 3.90. The Bertz CT molecular complexity index is 244. The minimum atomic E-state index is -0.805. The van der Waals surface area contributed by atoms with Crippen molar-refractivity contribution in [2.24, 2.45) is 5.41 Å². The van der Waals surface area contributed by atoms with Gasteiger partial charge in [-0.15, -0.1) is 0 Å². The first-order chi connectivity index (χ1) is 6.49. The molecule has 3 nitrogen and oxygen atoms in total. The highest BCUT2D eigenvalue weighted by molar-refractivity contribution is 7.85. The summed E-state index contributed by atoms with van der Waals surface area (Å²) in [6.07, 6.45) is 2.46. The van der Waals surface area contributed by atoms with Gasteiger partial charge in [-0.3, -0.25) is 9.00 Å². The molecule has 82 valence electrons. The molecule has 1 aliphatic carbocycles. The topological polar surface area (TPSA) is 43.4 Å². The zero-order valence-corrected chi connectivity index (χ0v) is 9.86. The van der Waals surface area contributed by atoms with Crippen LogP contribution in [0.5, 0.6) is 0 Å². The van der Waals surface area contributed by atoms with E-state index in [1.54, 1.807) is 0 Å². The Morgan fingerprint density at radius 2 is 2.07 bits per heavy atom. The van der Waals surface area contributed by atoms with Gasteiger partial charge in [-0.1, -0.05) is 13.8 Å². The SMILES string of the molecule is COC(=O)CC1(CS(=O)C(C)C)CC1. The predicted octanol–water partition coefficient (Wildman–Crippen LogP) is 1.49. The van der Waals surface area contributed by atoms with Crippen molar-refractivity contribution in [2.45, 2.75) is 38.4 Å². The normalized spacial score (nSPS) is 20.6. The van der Waals surface area contributed by atoms with Crippen molar-refractivity contribution in [3.63, 3.8) is 0 Å². The molecule has 0 bridgehead atoms. The monoisotopic (exact) mass is 218 g/mol. The summed E-state index contributed by atoms with van der Waals surface area (Å²) in [6, 6.07) is 0. The average Bonchev–Trinajstić information content (AvgIpc) is 2.84. The van der Waals surface area contributed by atoms with Crippen LogP contribution in [0.3, 0.4) is 0 Å². The Hall–Kier alpha value is -0.380. The molecule has 0 radical (unpaired) electrons. The van der Waals surface area contributed by atoms with E-state index in [1.807, 2.05) is 13.8 Å². The Labute approximate surface area is 87.7 Å². The van der Waals surface area contributed by atoms with Crippen molar-refractivity contribution in [3.8, 4) is 0 Å². The van der Waals surface area contributed by atoms with Gasteiger partial charge < -0.3 is 4.74 Å². The molecule has 0 aromatic heterocycles. The summed E-state index contributed by atoms with van der Waals surface area (Å²) >= 11 is 0. The van der Waals surface area contributed by atoms with Crippen LogP contribution in [0.2, 0.25) is 0 Å². The fourth-order valence-corrected chi connectivity index (χ4v) is 2.72. The van der Waals surface area contributed by atoms with Crippen molar-refractivity contribution in [3.05, 3.63) is 0 Å². The third-order valence-electron chi connectivity index (χ3n) is 2.68. The number of hydrogen-bond donors (Lipinski definition) is 0. The maximum absolute atomic E-state index is 11.6. The molecule has 0 saturated heterocycles. The third-order valence-corrected chi connectivity index (χ3v) is 4.63. The third kappa shape index (κ3) is 3.08. The zero-order chi connectivity index (χ0) is 10.8. The van der Waals surface area contributed by atoms with Gasteiger partial charge in [0.05, 0.1) is 13.5 Å². The van der Waals surface area contributed by atoms with Gasteiger partial charge in [-0.2, -0.15) is 0 Å². The van der Waals surface area contributed by atoms with Crippen LogP contribution in [0.4, 0.5) is 0 Å². The summed E-state index contributed by atoms with van der Waals surface area (Å²) in [7, 11) is 0.596. The maximum atomic E-state index is 11.6. The van der Waals surface area contributed by atoms with Crippen molar-refractivity contribution in [1.29, 1.82) is 0 Å². The molecule has 0 N–H and O–H groups in total. The molecule has 0 aromatic carbocycles. The number of hydrogen-bond acceptors (Lipinski definition) is 3. The molecule has 1 fully saturated rings. The Morgan fingerprint density at radius 1 is 1.50 bits per heavy atom. The first-order valence-electron chi connectivity index (χ1n) is 4.93. The number of carbonyl (C=O) groups excluding carboxylic acids is 1. The van der Waals surface area contributed by atoms with Gasteiger partial charge in [-0.05, 0) is 18.3 Å². The molecule has 1 rings (SSSR count). The molecule has 1 saturated carbocycles.